The summed E-state index contributed by atoms with van der Waals surface area (Å²) in [5.41, 5.74) is 0.886. The normalized spacial score (nSPS) is 19.1. The summed E-state index contributed by atoms with van der Waals surface area (Å²) in [5, 5.41) is -0.425. The maximum Gasteiger partial charge on any atom is 0.243 e. The molecule has 1 aromatic rings. The van der Waals surface area contributed by atoms with Crippen LogP contribution in [0.3, 0.4) is 0 Å². The average Bonchev–Trinajstić information content (AvgIpc) is 2.38. The molecule has 1 saturated heterocycles. The quantitative estimate of drug-likeness (QED) is 0.839. The molecule has 7 heteroatoms. The van der Waals surface area contributed by atoms with E-state index in [4.69, 9.17) is 0 Å². The molecule has 1 fully saturated rings. The van der Waals surface area contributed by atoms with Crippen LogP contribution in [0.4, 0.5) is 0 Å². The van der Waals surface area contributed by atoms with Crippen LogP contribution in [0.5, 0.6) is 0 Å². The fourth-order valence-corrected chi connectivity index (χ4v) is 5.07. The van der Waals surface area contributed by atoms with E-state index in [2.05, 4.69) is 0 Å². The second-order valence-corrected chi connectivity index (χ2v) is 9.51. The number of hydrogen-bond donors (Lipinski definition) is 0. The Morgan fingerprint density at radius 1 is 1.10 bits per heavy atom. The van der Waals surface area contributed by atoms with Gasteiger partial charge in [0.2, 0.25) is 10.0 Å². The number of hydrogen-bond acceptors (Lipinski definition) is 4. The molecule has 2 rings (SSSR count). The molecule has 0 atom stereocenters. The summed E-state index contributed by atoms with van der Waals surface area (Å²) in [7, 11) is -6.60. The minimum Gasteiger partial charge on any atom is -0.229 e. The Hall–Kier alpha value is -0.920. The summed E-state index contributed by atoms with van der Waals surface area (Å²) in [6, 6.07) is 6.77. The zero-order chi connectivity index (χ0) is 15.0. The van der Waals surface area contributed by atoms with E-state index < -0.39 is 25.1 Å². The lowest BCUT2D eigenvalue weighted by molar-refractivity contribution is 0.346. The summed E-state index contributed by atoms with van der Waals surface area (Å²) in [6.07, 6.45) is 1.94. The lowest BCUT2D eigenvalue weighted by atomic mass is 10.2. The van der Waals surface area contributed by atoms with Gasteiger partial charge in [0.25, 0.3) is 0 Å². The van der Waals surface area contributed by atoms with Gasteiger partial charge in [-0.3, -0.25) is 0 Å². The van der Waals surface area contributed by atoms with Crippen LogP contribution in [0, 0.1) is 6.92 Å². The van der Waals surface area contributed by atoms with Crippen LogP contribution < -0.4 is 0 Å². The van der Waals surface area contributed by atoms with Gasteiger partial charge in [0.1, 0.15) is 9.84 Å². The number of rotatable bonds is 3. The van der Waals surface area contributed by atoms with Crippen LogP contribution in [0.15, 0.2) is 29.2 Å². The average molecular weight is 317 g/mol. The zero-order valence-corrected chi connectivity index (χ0v) is 13.2. The maximum atomic E-state index is 12.5. The maximum absolute atomic E-state index is 12.5. The Morgan fingerprint density at radius 2 is 1.70 bits per heavy atom. The van der Waals surface area contributed by atoms with Crippen molar-refractivity contribution in [3.8, 4) is 0 Å². The van der Waals surface area contributed by atoms with Crippen LogP contribution in [0.25, 0.3) is 0 Å². The third-order valence-electron chi connectivity index (χ3n) is 3.63. The first-order valence-corrected chi connectivity index (χ1v) is 9.86. The minimum absolute atomic E-state index is 0.258. The highest BCUT2D eigenvalue weighted by molar-refractivity contribution is 7.91. The van der Waals surface area contributed by atoms with Crippen LogP contribution in [0.1, 0.15) is 18.4 Å². The molecule has 0 aliphatic carbocycles. The van der Waals surface area contributed by atoms with E-state index in [1.807, 2.05) is 13.0 Å². The van der Waals surface area contributed by atoms with Crippen molar-refractivity contribution in [1.29, 1.82) is 0 Å². The largest absolute Gasteiger partial charge is 0.243 e. The first-order chi connectivity index (χ1) is 9.21. The number of benzene rings is 1. The first kappa shape index (κ1) is 15.5. The predicted octanol–water partition coefficient (Wildman–Crippen LogP) is 1.19. The molecule has 0 saturated carbocycles. The van der Waals surface area contributed by atoms with Gasteiger partial charge in [0.15, 0.2) is 0 Å². The van der Waals surface area contributed by atoms with Gasteiger partial charge in [0, 0.05) is 19.3 Å². The van der Waals surface area contributed by atoms with E-state index in [0.717, 1.165) is 5.56 Å². The van der Waals surface area contributed by atoms with Gasteiger partial charge in [-0.1, -0.05) is 12.1 Å². The second kappa shape index (κ2) is 5.46. The topological polar surface area (TPSA) is 71.5 Å². The Labute approximate surface area is 120 Å². The third kappa shape index (κ3) is 3.21. The lowest BCUT2D eigenvalue weighted by Crippen LogP contribution is -2.42. The van der Waals surface area contributed by atoms with E-state index in [1.54, 1.807) is 18.2 Å². The summed E-state index contributed by atoms with van der Waals surface area (Å²) >= 11 is 0. The van der Waals surface area contributed by atoms with Crippen molar-refractivity contribution in [1.82, 2.24) is 4.31 Å². The van der Waals surface area contributed by atoms with Gasteiger partial charge in [-0.15, -0.1) is 0 Å². The van der Waals surface area contributed by atoms with Crippen LogP contribution in [-0.4, -0.2) is 45.7 Å². The zero-order valence-electron chi connectivity index (χ0n) is 11.6. The number of sulfonamides is 1. The van der Waals surface area contributed by atoms with E-state index in [9.17, 15) is 16.8 Å². The summed E-state index contributed by atoms with van der Waals surface area (Å²) in [5.74, 6) is 0. The van der Waals surface area contributed by atoms with Gasteiger partial charge in [0.05, 0.1) is 10.1 Å². The van der Waals surface area contributed by atoms with E-state index in [0.29, 0.717) is 12.8 Å². The number of piperidine rings is 1. The Kier molecular flexibility index (Phi) is 4.22. The Morgan fingerprint density at radius 3 is 2.20 bits per heavy atom. The second-order valence-electron chi connectivity index (χ2n) is 5.25. The smallest absolute Gasteiger partial charge is 0.229 e. The van der Waals surface area contributed by atoms with Gasteiger partial charge >= 0.3 is 0 Å². The summed E-state index contributed by atoms with van der Waals surface area (Å²) < 4.78 is 49.3. The van der Waals surface area contributed by atoms with E-state index >= 15 is 0 Å². The highest BCUT2D eigenvalue weighted by Gasteiger charge is 2.32. The Bertz CT molecular complexity index is 687. The van der Waals surface area contributed by atoms with Crippen LogP contribution in [-0.2, 0) is 19.9 Å². The van der Waals surface area contributed by atoms with Crippen LogP contribution in [0.2, 0.25) is 0 Å². The third-order valence-corrected chi connectivity index (χ3v) is 7.21. The first-order valence-electron chi connectivity index (χ1n) is 6.47. The molecule has 20 heavy (non-hydrogen) atoms. The monoisotopic (exact) mass is 317 g/mol. The Balaban J connectivity index is 2.18. The highest BCUT2D eigenvalue weighted by Crippen LogP contribution is 2.23. The van der Waals surface area contributed by atoms with Gasteiger partial charge in [-0.25, -0.2) is 16.8 Å². The standard InChI is InChI=1S/C13H19NO4S2/c1-11-4-3-5-13(10-11)20(17,18)14-8-6-12(7-9-14)19(2,15)16/h3-5,10,12H,6-9H2,1-2H3. The molecule has 1 aromatic carbocycles. The molecular weight excluding hydrogens is 298 g/mol. The van der Waals surface area contributed by atoms with Gasteiger partial charge in [-0.2, -0.15) is 4.31 Å². The number of aryl methyl sites for hydroxylation is 1. The van der Waals surface area contributed by atoms with Crippen molar-refractivity contribution in [3.05, 3.63) is 29.8 Å². The van der Waals surface area contributed by atoms with Gasteiger partial charge in [-0.05, 0) is 37.5 Å². The molecule has 1 aliphatic rings. The van der Waals surface area contributed by atoms with Crippen molar-refractivity contribution in [3.63, 3.8) is 0 Å². The highest BCUT2D eigenvalue weighted by atomic mass is 32.2. The molecule has 0 amide bonds. The minimum atomic E-state index is -3.51. The fourth-order valence-electron chi connectivity index (χ4n) is 2.43. The van der Waals surface area contributed by atoms with Crippen molar-refractivity contribution in [2.45, 2.75) is 29.9 Å². The molecule has 5 nitrogen and oxygen atoms in total. The lowest BCUT2D eigenvalue weighted by Gasteiger charge is -2.30. The molecule has 0 bridgehead atoms. The molecule has 1 heterocycles. The SMILES string of the molecule is Cc1cccc(S(=O)(=O)N2CCC(S(C)(=O)=O)CC2)c1. The molecule has 0 spiro atoms. The van der Waals surface area contributed by atoms with E-state index in [1.165, 1.54) is 10.6 Å². The summed E-state index contributed by atoms with van der Waals surface area (Å²) in [4.78, 5) is 0.273. The number of sulfone groups is 1. The van der Waals surface area contributed by atoms with E-state index in [-0.39, 0.29) is 18.0 Å². The summed E-state index contributed by atoms with van der Waals surface area (Å²) in [6.45, 7) is 2.36. The molecule has 112 valence electrons. The van der Waals surface area contributed by atoms with Crippen molar-refractivity contribution >= 4 is 19.9 Å². The van der Waals surface area contributed by atoms with Crippen LogP contribution >= 0.6 is 0 Å². The molecule has 0 N–H and O–H groups in total. The predicted molar refractivity (Wildman–Crippen MR) is 77.8 cm³/mol. The molecule has 1 aliphatic heterocycles. The molecule has 0 radical (unpaired) electrons. The fraction of sp³-hybridized carbons (Fsp3) is 0.538. The molecule has 0 aromatic heterocycles. The van der Waals surface area contributed by atoms with Crippen molar-refractivity contribution < 1.29 is 16.8 Å². The number of nitrogens with zero attached hydrogens (tertiary/aromatic N) is 1. The van der Waals surface area contributed by atoms with Crippen molar-refractivity contribution in [2.24, 2.45) is 0 Å². The molecule has 0 unspecified atom stereocenters. The molecular formula is C13H19NO4S2. The van der Waals surface area contributed by atoms with Crippen molar-refractivity contribution in [2.75, 3.05) is 19.3 Å². The van der Waals surface area contributed by atoms with Gasteiger partial charge < -0.3 is 0 Å².